The first-order chi connectivity index (χ1) is 11.7. The number of methoxy groups -OCH3 is 3. The van der Waals surface area contributed by atoms with Gasteiger partial charge in [-0.1, -0.05) is 18.2 Å². The molecule has 2 aromatic carbocycles. The summed E-state index contributed by atoms with van der Waals surface area (Å²) in [6.45, 7) is 0. The first-order valence-electron chi connectivity index (χ1n) is 7.48. The molecule has 0 spiro atoms. The van der Waals surface area contributed by atoms with Gasteiger partial charge in [-0.25, -0.2) is 0 Å². The van der Waals surface area contributed by atoms with E-state index in [2.05, 4.69) is 5.32 Å². The molecule has 5 nitrogen and oxygen atoms in total. The maximum absolute atomic E-state index is 12.0. The van der Waals surface area contributed by atoms with Crippen LogP contribution in [0.5, 0.6) is 17.2 Å². The number of rotatable bonds is 7. The van der Waals surface area contributed by atoms with Crippen molar-refractivity contribution >= 4 is 17.7 Å². The van der Waals surface area contributed by atoms with Gasteiger partial charge in [0.2, 0.25) is 5.91 Å². The normalized spacial score (nSPS) is 10.5. The predicted molar refractivity (Wildman–Crippen MR) is 94.8 cm³/mol. The van der Waals surface area contributed by atoms with Crippen LogP contribution >= 0.6 is 0 Å². The van der Waals surface area contributed by atoms with Crippen LogP contribution in [0.25, 0.3) is 6.08 Å². The summed E-state index contributed by atoms with van der Waals surface area (Å²) < 4.78 is 15.6. The van der Waals surface area contributed by atoms with E-state index in [0.717, 1.165) is 17.1 Å². The average molecular weight is 327 g/mol. The highest BCUT2D eigenvalue weighted by Gasteiger charge is 2.04. The van der Waals surface area contributed by atoms with Crippen molar-refractivity contribution in [1.82, 2.24) is 0 Å². The average Bonchev–Trinajstić information content (AvgIpc) is 2.61. The molecule has 24 heavy (non-hydrogen) atoms. The number of carbonyl (C=O) groups is 1. The molecule has 0 radical (unpaired) electrons. The van der Waals surface area contributed by atoms with E-state index in [9.17, 15) is 4.79 Å². The summed E-state index contributed by atoms with van der Waals surface area (Å²) in [4.78, 5) is 12.0. The van der Waals surface area contributed by atoms with Gasteiger partial charge in [-0.2, -0.15) is 0 Å². The number of anilines is 1. The fourth-order valence-corrected chi connectivity index (χ4v) is 2.18. The van der Waals surface area contributed by atoms with E-state index in [1.54, 1.807) is 33.5 Å². The third-order valence-corrected chi connectivity index (χ3v) is 3.39. The Morgan fingerprint density at radius 1 is 1.00 bits per heavy atom. The van der Waals surface area contributed by atoms with Crippen LogP contribution < -0.4 is 19.5 Å². The molecule has 1 N–H and O–H groups in total. The Morgan fingerprint density at radius 3 is 2.46 bits per heavy atom. The molecule has 0 heterocycles. The van der Waals surface area contributed by atoms with E-state index in [-0.39, 0.29) is 12.3 Å². The summed E-state index contributed by atoms with van der Waals surface area (Å²) in [5, 5.41) is 2.83. The van der Waals surface area contributed by atoms with Crippen LogP contribution in [0, 0.1) is 0 Å². The summed E-state index contributed by atoms with van der Waals surface area (Å²) in [6, 6.07) is 12.7. The van der Waals surface area contributed by atoms with Crippen molar-refractivity contribution in [3.8, 4) is 17.2 Å². The lowest BCUT2D eigenvalue weighted by Crippen LogP contribution is -2.09. The standard InChI is InChI=1S/C19H21NO4/c1-22-16-8-5-7-15(13-16)20-19(21)9-4-6-14-12-17(23-2)10-11-18(14)24-3/h4-8,10-13H,9H2,1-3H3,(H,20,21)/b6-4-. The van der Waals surface area contributed by atoms with Crippen LogP contribution in [-0.2, 0) is 4.79 Å². The lowest BCUT2D eigenvalue weighted by Gasteiger charge is -2.07. The third kappa shape index (κ3) is 4.78. The molecule has 5 heteroatoms. The zero-order valence-corrected chi connectivity index (χ0v) is 14.0. The van der Waals surface area contributed by atoms with Crippen LogP contribution in [-0.4, -0.2) is 27.2 Å². The Labute approximate surface area is 141 Å². The first-order valence-corrected chi connectivity index (χ1v) is 7.48. The minimum atomic E-state index is -0.110. The van der Waals surface area contributed by atoms with Gasteiger partial charge < -0.3 is 19.5 Å². The van der Waals surface area contributed by atoms with E-state index in [4.69, 9.17) is 14.2 Å². The van der Waals surface area contributed by atoms with Crippen molar-refractivity contribution in [1.29, 1.82) is 0 Å². The van der Waals surface area contributed by atoms with Crippen LogP contribution in [0.3, 0.4) is 0 Å². The monoisotopic (exact) mass is 327 g/mol. The molecule has 0 aliphatic rings. The van der Waals surface area contributed by atoms with Crippen LogP contribution in [0.1, 0.15) is 12.0 Å². The number of hydrogen-bond acceptors (Lipinski definition) is 4. The molecule has 0 atom stereocenters. The van der Waals surface area contributed by atoms with E-state index in [1.807, 2.05) is 42.5 Å². The lowest BCUT2D eigenvalue weighted by atomic mass is 10.1. The van der Waals surface area contributed by atoms with Gasteiger partial charge in [0.1, 0.15) is 17.2 Å². The Balaban J connectivity index is 1.99. The van der Waals surface area contributed by atoms with Gasteiger partial charge in [0.25, 0.3) is 0 Å². The van der Waals surface area contributed by atoms with Gasteiger partial charge >= 0.3 is 0 Å². The highest BCUT2D eigenvalue weighted by atomic mass is 16.5. The quantitative estimate of drug-likeness (QED) is 0.841. The van der Waals surface area contributed by atoms with Gasteiger partial charge in [-0.05, 0) is 30.3 Å². The molecule has 0 unspecified atom stereocenters. The van der Waals surface area contributed by atoms with Crippen molar-refractivity contribution in [3.63, 3.8) is 0 Å². The van der Waals surface area contributed by atoms with Crippen molar-refractivity contribution in [3.05, 3.63) is 54.1 Å². The number of hydrogen-bond donors (Lipinski definition) is 1. The molecule has 2 rings (SSSR count). The predicted octanol–water partition coefficient (Wildman–Crippen LogP) is 3.75. The minimum Gasteiger partial charge on any atom is -0.497 e. The molecular formula is C19H21NO4. The molecule has 1 amide bonds. The number of benzene rings is 2. The van der Waals surface area contributed by atoms with Crippen LogP contribution in [0.15, 0.2) is 48.5 Å². The van der Waals surface area contributed by atoms with Gasteiger partial charge in [0.05, 0.1) is 21.3 Å². The highest BCUT2D eigenvalue weighted by molar-refractivity contribution is 5.92. The van der Waals surface area contributed by atoms with E-state index < -0.39 is 0 Å². The summed E-state index contributed by atoms with van der Waals surface area (Å²) in [5.74, 6) is 2.04. The smallest absolute Gasteiger partial charge is 0.228 e. The third-order valence-electron chi connectivity index (χ3n) is 3.39. The van der Waals surface area contributed by atoms with Crippen molar-refractivity contribution < 1.29 is 19.0 Å². The zero-order valence-electron chi connectivity index (χ0n) is 14.0. The van der Waals surface area contributed by atoms with E-state index in [0.29, 0.717) is 11.4 Å². The van der Waals surface area contributed by atoms with Crippen LogP contribution in [0.4, 0.5) is 5.69 Å². The summed E-state index contributed by atoms with van der Waals surface area (Å²) in [7, 11) is 4.80. The minimum absolute atomic E-state index is 0.110. The number of ether oxygens (including phenoxy) is 3. The number of carbonyl (C=O) groups excluding carboxylic acids is 1. The molecule has 2 aromatic rings. The summed E-state index contributed by atoms with van der Waals surface area (Å²) in [6.07, 6.45) is 3.87. The van der Waals surface area contributed by atoms with Gasteiger partial charge in [0.15, 0.2) is 0 Å². The molecule has 0 aromatic heterocycles. The number of amides is 1. The SMILES string of the molecule is COc1cccc(NC(=O)C/C=C\c2cc(OC)ccc2OC)c1. The Hall–Kier alpha value is -2.95. The maximum Gasteiger partial charge on any atom is 0.228 e. The molecule has 0 bridgehead atoms. The molecule has 0 saturated carbocycles. The molecule has 126 valence electrons. The summed E-state index contributed by atoms with van der Waals surface area (Å²) >= 11 is 0. The second-order valence-electron chi connectivity index (χ2n) is 4.99. The fourth-order valence-electron chi connectivity index (χ4n) is 2.18. The first kappa shape index (κ1) is 17.4. The van der Waals surface area contributed by atoms with Gasteiger partial charge in [-0.15, -0.1) is 0 Å². The molecule has 0 saturated heterocycles. The fraction of sp³-hybridized carbons (Fsp3) is 0.211. The second kappa shape index (κ2) is 8.62. The second-order valence-corrected chi connectivity index (χ2v) is 4.99. The Kier molecular flexibility index (Phi) is 6.25. The van der Waals surface area contributed by atoms with Crippen molar-refractivity contribution in [2.75, 3.05) is 26.6 Å². The Bertz CT molecular complexity index is 725. The van der Waals surface area contributed by atoms with Gasteiger partial charge in [0, 0.05) is 23.7 Å². The van der Waals surface area contributed by atoms with Crippen molar-refractivity contribution in [2.45, 2.75) is 6.42 Å². The van der Waals surface area contributed by atoms with E-state index in [1.165, 1.54) is 0 Å². The molecule has 0 aliphatic heterocycles. The molecule has 0 aliphatic carbocycles. The Morgan fingerprint density at radius 2 is 1.75 bits per heavy atom. The largest absolute Gasteiger partial charge is 0.497 e. The van der Waals surface area contributed by atoms with E-state index >= 15 is 0 Å². The summed E-state index contributed by atoms with van der Waals surface area (Å²) in [5.41, 5.74) is 1.55. The zero-order chi connectivity index (χ0) is 17.4. The highest BCUT2D eigenvalue weighted by Crippen LogP contribution is 2.25. The topological polar surface area (TPSA) is 56.8 Å². The molecule has 0 fully saturated rings. The van der Waals surface area contributed by atoms with Gasteiger partial charge in [-0.3, -0.25) is 4.79 Å². The molecular weight excluding hydrogens is 306 g/mol. The maximum atomic E-state index is 12.0. The van der Waals surface area contributed by atoms with Crippen molar-refractivity contribution in [2.24, 2.45) is 0 Å². The lowest BCUT2D eigenvalue weighted by molar-refractivity contribution is -0.115. The number of nitrogens with one attached hydrogen (secondary N) is 1. The van der Waals surface area contributed by atoms with Crippen LogP contribution in [0.2, 0.25) is 0 Å².